The van der Waals surface area contributed by atoms with Crippen molar-refractivity contribution in [2.75, 3.05) is 6.54 Å². The Morgan fingerprint density at radius 3 is 2.50 bits per heavy atom. The number of benzene rings is 1. The van der Waals surface area contributed by atoms with E-state index in [0.717, 1.165) is 12.1 Å². The standard InChI is InChI=1S/C13H17F2NO3S/c1-8-5-9(2)16(6-8)20(18,19)12-4-3-11(14)10(7-17)13(12)15/h3-4,8-9,17H,5-7H2,1-2H3. The van der Waals surface area contributed by atoms with Gasteiger partial charge in [-0.3, -0.25) is 0 Å². The molecule has 0 radical (unpaired) electrons. The Morgan fingerprint density at radius 2 is 2.00 bits per heavy atom. The highest BCUT2D eigenvalue weighted by atomic mass is 32.2. The van der Waals surface area contributed by atoms with Crippen LogP contribution in [0.15, 0.2) is 17.0 Å². The van der Waals surface area contributed by atoms with Crippen LogP contribution in [0.3, 0.4) is 0 Å². The highest BCUT2D eigenvalue weighted by molar-refractivity contribution is 7.89. The molecule has 112 valence electrons. The number of sulfonamides is 1. The second kappa shape index (κ2) is 5.38. The average Bonchev–Trinajstić information content (AvgIpc) is 2.69. The van der Waals surface area contributed by atoms with Gasteiger partial charge in [0, 0.05) is 12.6 Å². The van der Waals surface area contributed by atoms with E-state index >= 15 is 0 Å². The van der Waals surface area contributed by atoms with Gasteiger partial charge in [-0.1, -0.05) is 6.92 Å². The van der Waals surface area contributed by atoms with Gasteiger partial charge in [-0.05, 0) is 31.4 Å². The van der Waals surface area contributed by atoms with Gasteiger partial charge >= 0.3 is 0 Å². The molecule has 1 saturated heterocycles. The average molecular weight is 305 g/mol. The zero-order valence-electron chi connectivity index (χ0n) is 11.3. The zero-order chi connectivity index (χ0) is 15.1. The van der Waals surface area contributed by atoms with E-state index in [1.807, 2.05) is 6.92 Å². The summed E-state index contributed by atoms with van der Waals surface area (Å²) in [4.78, 5) is -0.580. The molecule has 1 aliphatic rings. The predicted octanol–water partition coefficient (Wildman–Crippen LogP) is 1.88. The van der Waals surface area contributed by atoms with Crippen molar-refractivity contribution in [3.63, 3.8) is 0 Å². The quantitative estimate of drug-likeness (QED) is 0.927. The van der Waals surface area contributed by atoms with Crippen molar-refractivity contribution >= 4 is 10.0 Å². The molecule has 1 aromatic carbocycles. The second-order valence-corrected chi connectivity index (χ2v) is 7.12. The molecule has 20 heavy (non-hydrogen) atoms. The molecule has 2 rings (SSSR count). The van der Waals surface area contributed by atoms with Crippen LogP contribution >= 0.6 is 0 Å². The normalized spacial score (nSPS) is 24.2. The Balaban J connectivity index is 2.50. The highest BCUT2D eigenvalue weighted by Crippen LogP contribution is 2.31. The molecule has 0 aliphatic carbocycles. The molecule has 2 atom stereocenters. The number of nitrogens with zero attached hydrogens (tertiary/aromatic N) is 1. The van der Waals surface area contributed by atoms with Crippen LogP contribution in [0.4, 0.5) is 8.78 Å². The summed E-state index contributed by atoms with van der Waals surface area (Å²) in [6.07, 6.45) is 0.703. The number of aliphatic hydroxyl groups excluding tert-OH is 1. The van der Waals surface area contributed by atoms with Crippen molar-refractivity contribution < 1.29 is 22.3 Å². The van der Waals surface area contributed by atoms with E-state index in [1.54, 1.807) is 6.92 Å². The largest absolute Gasteiger partial charge is 0.391 e. The number of halogens is 2. The summed E-state index contributed by atoms with van der Waals surface area (Å²) >= 11 is 0. The first-order chi connectivity index (χ1) is 9.28. The lowest BCUT2D eigenvalue weighted by molar-refractivity contribution is 0.267. The molecular weight excluding hydrogens is 288 g/mol. The molecule has 7 heteroatoms. The van der Waals surface area contributed by atoms with E-state index < -0.39 is 38.7 Å². The molecule has 0 spiro atoms. The third-order valence-corrected chi connectivity index (χ3v) is 5.62. The predicted molar refractivity (Wildman–Crippen MR) is 69.4 cm³/mol. The van der Waals surface area contributed by atoms with Crippen molar-refractivity contribution in [3.8, 4) is 0 Å². The summed E-state index contributed by atoms with van der Waals surface area (Å²) in [5, 5.41) is 8.96. The van der Waals surface area contributed by atoms with E-state index in [-0.39, 0.29) is 12.0 Å². The minimum Gasteiger partial charge on any atom is -0.391 e. The summed E-state index contributed by atoms with van der Waals surface area (Å²) in [5.74, 6) is -1.97. The fourth-order valence-electron chi connectivity index (χ4n) is 2.64. The van der Waals surface area contributed by atoms with Gasteiger partial charge in [-0.2, -0.15) is 4.31 Å². The number of rotatable bonds is 3. The first kappa shape index (κ1) is 15.3. The smallest absolute Gasteiger partial charge is 0.246 e. The Morgan fingerprint density at radius 1 is 1.35 bits per heavy atom. The summed E-state index contributed by atoms with van der Waals surface area (Å²) < 4.78 is 53.6. The minimum absolute atomic E-state index is 0.195. The van der Waals surface area contributed by atoms with Crippen molar-refractivity contribution in [2.45, 2.75) is 37.8 Å². The van der Waals surface area contributed by atoms with Crippen LogP contribution in [0.25, 0.3) is 0 Å². The Hall–Kier alpha value is -1.05. The van der Waals surface area contributed by atoms with Crippen LogP contribution in [0.1, 0.15) is 25.8 Å². The Labute approximate surface area is 117 Å². The number of aliphatic hydroxyl groups is 1. The SMILES string of the molecule is CC1CC(C)N(S(=O)(=O)c2ccc(F)c(CO)c2F)C1. The highest BCUT2D eigenvalue weighted by Gasteiger charge is 2.38. The lowest BCUT2D eigenvalue weighted by Gasteiger charge is -2.21. The molecule has 0 aromatic heterocycles. The summed E-state index contributed by atoms with van der Waals surface area (Å²) in [5.41, 5.74) is -0.619. The molecule has 1 heterocycles. The first-order valence-corrected chi connectivity index (χ1v) is 7.82. The van der Waals surface area contributed by atoms with Gasteiger partial charge in [0.05, 0.1) is 12.2 Å². The Kier molecular flexibility index (Phi) is 4.13. The summed E-state index contributed by atoms with van der Waals surface area (Å²) in [6, 6.07) is 1.55. The molecule has 1 N–H and O–H groups in total. The second-order valence-electron chi connectivity index (χ2n) is 5.26. The van der Waals surface area contributed by atoms with E-state index in [2.05, 4.69) is 0 Å². The maximum Gasteiger partial charge on any atom is 0.246 e. The van der Waals surface area contributed by atoms with Crippen LogP contribution in [0.2, 0.25) is 0 Å². The summed E-state index contributed by atoms with van der Waals surface area (Å²) in [6.45, 7) is 3.11. The molecular formula is C13H17F2NO3S. The lowest BCUT2D eigenvalue weighted by Crippen LogP contribution is -2.34. The molecule has 0 amide bonds. The minimum atomic E-state index is -4.02. The van der Waals surface area contributed by atoms with E-state index in [4.69, 9.17) is 5.11 Å². The third-order valence-electron chi connectivity index (χ3n) is 3.62. The molecule has 0 saturated carbocycles. The fourth-order valence-corrected chi connectivity index (χ4v) is 4.50. The van der Waals surface area contributed by atoms with Gasteiger partial charge in [-0.15, -0.1) is 0 Å². The molecule has 1 aliphatic heterocycles. The maximum atomic E-state index is 14.1. The first-order valence-electron chi connectivity index (χ1n) is 6.38. The van der Waals surface area contributed by atoms with Crippen LogP contribution < -0.4 is 0 Å². The van der Waals surface area contributed by atoms with E-state index in [1.165, 1.54) is 4.31 Å². The molecule has 1 aromatic rings. The third kappa shape index (κ3) is 2.45. The van der Waals surface area contributed by atoms with Crippen LogP contribution in [-0.4, -0.2) is 30.4 Å². The van der Waals surface area contributed by atoms with E-state index in [0.29, 0.717) is 13.0 Å². The molecule has 2 unspecified atom stereocenters. The summed E-state index contributed by atoms with van der Waals surface area (Å²) in [7, 11) is -4.02. The van der Waals surface area contributed by atoms with Crippen LogP contribution in [0, 0.1) is 17.6 Å². The topological polar surface area (TPSA) is 57.6 Å². The van der Waals surface area contributed by atoms with E-state index in [9.17, 15) is 17.2 Å². The van der Waals surface area contributed by atoms with Crippen LogP contribution in [-0.2, 0) is 16.6 Å². The van der Waals surface area contributed by atoms with Crippen molar-refractivity contribution in [3.05, 3.63) is 29.3 Å². The van der Waals surface area contributed by atoms with Gasteiger partial charge in [0.1, 0.15) is 10.7 Å². The van der Waals surface area contributed by atoms with Crippen molar-refractivity contribution in [1.82, 2.24) is 4.31 Å². The van der Waals surface area contributed by atoms with Gasteiger partial charge in [-0.25, -0.2) is 17.2 Å². The number of hydrogen-bond donors (Lipinski definition) is 1. The maximum absolute atomic E-state index is 14.1. The van der Waals surface area contributed by atoms with Crippen molar-refractivity contribution in [1.29, 1.82) is 0 Å². The van der Waals surface area contributed by atoms with Gasteiger partial charge < -0.3 is 5.11 Å². The van der Waals surface area contributed by atoms with Gasteiger partial charge in [0.2, 0.25) is 10.0 Å². The number of hydrogen-bond acceptors (Lipinski definition) is 3. The zero-order valence-corrected chi connectivity index (χ0v) is 12.1. The molecule has 0 bridgehead atoms. The molecule has 4 nitrogen and oxygen atoms in total. The Bertz CT molecular complexity index is 618. The van der Waals surface area contributed by atoms with Gasteiger partial charge in [0.15, 0.2) is 5.82 Å². The molecule has 1 fully saturated rings. The van der Waals surface area contributed by atoms with Crippen LogP contribution in [0.5, 0.6) is 0 Å². The van der Waals surface area contributed by atoms with Crippen molar-refractivity contribution in [2.24, 2.45) is 5.92 Å². The van der Waals surface area contributed by atoms with Gasteiger partial charge in [0.25, 0.3) is 0 Å². The fraction of sp³-hybridized carbons (Fsp3) is 0.538. The monoisotopic (exact) mass is 305 g/mol. The lowest BCUT2D eigenvalue weighted by atomic mass is 10.1.